The Labute approximate surface area is 194 Å². The van der Waals surface area contributed by atoms with E-state index in [2.05, 4.69) is 46.1 Å². The second-order valence-corrected chi connectivity index (χ2v) is 9.71. The molecule has 0 atom stereocenters. The van der Waals surface area contributed by atoms with Crippen LogP contribution in [0.4, 0.5) is 0 Å². The smallest absolute Gasteiger partial charge is 0.191 e. The molecule has 6 rings (SSSR count). The molecule has 1 spiro atoms. The minimum atomic E-state index is -0.461. The first-order chi connectivity index (χ1) is 16.1. The van der Waals surface area contributed by atoms with Gasteiger partial charge >= 0.3 is 0 Å². The Morgan fingerprint density at radius 1 is 1.03 bits per heavy atom. The Balaban J connectivity index is 1.51. The van der Waals surface area contributed by atoms with Crippen molar-refractivity contribution in [3.05, 3.63) is 77.4 Å². The number of nitrogens with zero attached hydrogens (tertiary/aromatic N) is 3. The number of ketones is 1. The van der Waals surface area contributed by atoms with E-state index in [0.717, 1.165) is 68.1 Å². The van der Waals surface area contributed by atoms with Gasteiger partial charge in [-0.1, -0.05) is 30.3 Å². The Bertz CT molecular complexity index is 1200. The first kappa shape index (κ1) is 20.6. The molecule has 1 N–H and O–H groups in total. The summed E-state index contributed by atoms with van der Waals surface area (Å²) in [6.07, 6.45) is 5.53. The van der Waals surface area contributed by atoms with E-state index in [1.54, 1.807) is 7.11 Å². The van der Waals surface area contributed by atoms with Crippen molar-refractivity contribution < 1.29 is 9.53 Å². The van der Waals surface area contributed by atoms with Crippen LogP contribution in [0.15, 0.2) is 54.7 Å². The predicted molar refractivity (Wildman–Crippen MR) is 127 cm³/mol. The number of piperidine rings is 1. The normalized spacial score (nSPS) is 20.5. The standard InChI is InChI=1S/C27H30N4O2/c1-30-18-19-5-3-4-6-22(19)31-23(17-29-25(31)27(30)13-15-28-16-14-27)24(32)26(11-12-26)20-7-9-21(33-2)10-8-20/h3-10,17,28H,11-16,18H2,1-2H3. The van der Waals surface area contributed by atoms with Crippen molar-refractivity contribution in [3.63, 3.8) is 0 Å². The lowest BCUT2D eigenvalue weighted by atomic mass is 9.85. The summed E-state index contributed by atoms with van der Waals surface area (Å²) in [6.45, 7) is 2.75. The molecule has 0 radical (unpaired) electrons. The first-order valence-corrected chi connectivity index (χ1v) is 11.9. The van der Waals surface area contributed by atoms with Gasteiger partial charge in [-0.3, -0.25) is 14.3 Å². The molecule has 1 saturated carbocycles. The maximum absolute atomic E-state index is 14.2. The molecule has 3 aliphatic rings. The maximum Gasteiger partial charge on any atom is 0.191 e. The Morgan fingerprint density at radius 2 is 1.76 bits per heavy atom. The average Bonchev–Trinajstić information content (AvgIpc) is 3.57. The van der Waals surface area contributed by atoms with Crippen LogP contribution in [0.5, 0.6) is 5.75 Å². The van der Waals surface area contributed by atoms with Crippen LogP contribution < -0.4 is 10.1 Å². The number of ether oxygens (including phenoxy) is 1. The topological polar surface area (TPSA) is 59.4 Å². The molecule has 1 aliphatic carbocycles. The van der Waals surface area contributed by atoms with Crippen LogP contribution in [0.1, 0.15) is 53.1 Å². The number of hydrogen-bond donors (Lipinski definition) is 1. The number of methoxy groups -OCH3 is 1. The van der Waals surface area contributed by atoms with E-state index in [1.165, 1.54) is 5.56 Å². The van der Waals surface area contributed by atoms with Gasteiger partial charge in [0.1, 0.15) is 17.3 Å². The number of imidazole rings is 1. The van der Waals surface area contributed by atoms with Crippen molar-refractivity contribution >= 4 is 5.78 Å². The van der Waals surface area contributed by atoms with Gasteiger partial charge in [-0.25, -0.2) is 4.98 Å². The molecular weight excluding hydrogens is 412 g/mol. The van der Waals surface area contributed by atoms with Crippen LogP contribution in [0.2, 0.25) is 0 Å². The van der Waals surface area contributed by atoms with Crippen LogP contribution >= 0.6 is 0 Å². The lowest BCUT2D eigenvalue weighted by molar-refractivity contribution is 0.0659. The predicted octanol–water partition coefficient (Wildman–Crippen LogP) is 3.82. The van der Waals surface area contributed by atoms with E-state index < -0.39 is 5.41 Å². The summed E-state index contributed by atoms with van der Waals surface area (Å²) in [5.74, 6) is 1.99. The third-order valence-corrected chi connectivity index (χ3v) is 8.04. The molecule has 6 nitrogen and oxygen atoms in total. The molecule has 3 aromatic rings. The lowest BCUT2D eigenvalue weighted by Gasteiger charge is -2.43. The highest BCUT2D eigenvalue weighted by Gasteiger charge is 2.53. The summed E-state index contributed by atoms with van der Waals surface area (Å²) in [6, 6.07) is 16.5. The zero-order valence-electron chi connectivity index (χ0n) is 19.3. The summed E-state index contributed by atoms with van der Waals surface area (Å²) in [5.41, 5.74) is 3.45. The van der Waals surface area contributed by atoms with Crippen LogP contribution in [-0.2, 0) is 17.5 Å². The van der Waals surface area contributed by atoms with Gasteiger partial charge in [0.2, 0.25) is 0 Å². The van der Waals surface area contributed by atoms with E-state index in [-0.39, 0.29) is 11.3 Å². The van der Waals surface area contributed by atoms with Crippen LogP contribution in [0.3, 0.4) is 0 Å². The van der Waals surface area contributed by atoms with Crippen molar-refractivity contribution in [2.45, 2.75) is 43.2 Å². The molecule has 1 saturated heterocycles. The fraction of sp³-hybridized carbons (Fsp3) is 0.407. The van der Waals surface area contributed by atoms with Gasteiger partial charge < -0.3 is 10.1 Å². The van der Waals surface area contributed by atoms with E-state index >= 15 is 0 Å². The highest BCUT2D eigenvalue weighted by molar-refractivity contribution is 6.05. The molecule has 2 fully saturated rings. The monoisotopic (exact) mass is 442 g/mol. The van der Waals surface area contributed by atoms with Gasteiger partial charge in [-0.05, 0) is 75.1 Å². The van der Waals surface area contributed by atoms with Gasteiger partial charge in [0.15, 0.2) is 5.78 Å². The molecule has 0 unspecified atom stereocenters. The maximum atomic E-state index is 14.2. The molecular formula is C27H30N4O2. The van der Waals surface area contributed by atoms with E-state index in [0.29, 0.717) is 5.69 Å². The molecule has 33 heavy (non-hydrogen) atoms. The summed E-state index contributed by atoms with van der Waals surface area (Å²) < 4.78 is 7.52. The van der Waals surface area contributed by atoms with Crippen molar-refractivity contribution in [1.82, 2.24) is 19.8 Å². The summed E-state index contributed by atoms with van der Waals surface area (Å²) in [4.78, 5) is 21.6. The third-order valence-electron chi connectivity index (χ3n) is 8.04. The third kappa shape index (κ3) is 3.01. The molecule has 6 heteroatoms. The number of fused-ring (bicyclic) bond motifs is 4. The van der Waals surface area contributed by atoms with Gasteiger partial charge in [0.25, 0.3) is 0 Å². The zero-order chi connectivity index (χ0) is 22.6. The average molecular weight is 443 g/mol. The highest BCUT2D eigenvalue weighted by Crippen LogP contribution is 2.52. The van der Waals surface area contributed by atoms with Gasteiger partial charge in [0, 0.05) is 6.54 Å². The summed E-state index contributed by atoms with van der Waals surface area (Å²) in [7, 11) is 3.87. The van der Waals surface area contributed by atoms with Crippen molar-refractivity contribution in [3.8, 4) is 11.4 Å². The first-order valence-electron chi connectivity index (χ1n) is 11.9. The summed E-state index contributed by atoms with van der Waals surface area (Å²) in [5, 5.41) is 3.50. The summed E-state index contributed by atoms with van der Waals surface area (Å²) >= 11 is 0. The Hall–Kier alpha value is -2.96. The number of benzene rings is 2. The van der Waals surface area contributed by atoms with Crippen molar-refractivity contribution in [2.24, 2.45) is 0 Å². The number of nitrogens with one attached hydrogen (secondary N) is 1. The number of para-hydroxylation sites is 1. The number of rotatable bonds is 4. The van der Waals surface area contributed by atoms with Gasteiger partial charge in [-0.15, -0.1) is 0 Å². The van der Waals surface area contributed by atoms with Crippen LogP contribution in [0.25, 0.3) is 5.69 Å². The molecule has 0 amide bonds. The highest BCUT2D eigenvalue weighted by atomic mass is 16.5. The SMILES string of the molecule is COc1ccc(C2(C(=O)c3cnc4n3-c3ccccc3CN(C)C43CCNCC3)CC2)cc1. The Morgan fingerprint density at radius 3 is 2.45 bits per heavy atom. The lowest BCUT2D eigenvalue weighted by Crippen LogP contribution is -2.51. The second kappa shape index (κ2) is 7.54. The van der Waals surface area contributed by atoms with Gasteiger partial charge in [0.05, 0.1) is 29.9 Å². The van der Waals surface area contributed by atoms with Crippen LogP contribution in [-0.4, -0.2) is 47.5 Å². The quantitative estimate of drug-likeness (QED) is 0.623. The molecule has 3 heterocycles. The van der Waals surface area contributed by atoms with Crippen molar-refractivity contribution in [2.75, 3.05) is 27.2 Å². The van der Waals surface area contributed by atoms with E-state index in [4.69, 9.17) is 9.72 Å². The van der Waals surface area contributed by atoms with E-state index in [1.807, 2.05) is 30.5 Å². The molecule has 1 aromatic heterocycles. The number of Topliss-reactive ketones (excluding diaryl/α,β-unsaturated/α-hetero) is 1. The Kier molecular flexibility index (Phi) is 4.71. The fourth-order valence-corrected chi connectivity index (χ4v) is 5.90. The molecule has 170 valence electrons. The second-order valence-electron chi connectivity index (χ2n) is 9.71. The molecule has 2 aromatic carbocycles. The number of aromatic nitrogens is 2. The van der Waals surface area contributed by atoms with E-state index in [9.17, 15) is 4.79 Å². The fourth-order valence-electron chi connectivity index (χ4n) is 5.90. The minimum Gasteiger partial charge on any atom is -0.497 e. The largest absolute Gasteiger partial charge is 0.497 e. The number of carbonyl (C=O) groups is 1. The number of carbonyl (C=O) groups excluding carboxylic acids is 1. The molecule has 0 bridgehead atoms. The zero-order valence-corrected chi connectivity index (χ0v) is 19.3. The number of hydrogen-bond acceptors (Lipinski definition) is 5. The minimum absolute atomic E-state index is 0.176. The van der Waals surface area contributed by atoms with Crippen LogP contribution in [0, 0.1) is 0 Å². The molecule has 2 aliphatic heterocycles. The van der Waals surface area contributed by atoms with Gasteiger partial charge in [-0.2, -0.15) is 0 Å². The van der Waals surface area contributed by atoms with Crippen molar-refractivity contribution in [1.29, 1.82) is 0 Å².